The Bertz CT molecular complexity index is 1200. The number of esters is 1. The van der Waals surface area contributed by atoms with E-state index in [1.807, 2.05) is 92.2 Å². The Morgan fingerprint density at radius 3 is 2.07 bits per heavy atom. The van der Waals surface area contributed by atoms with Crippen LogP contribution in [-0.2, 0) is 11.8 Å². The van der Waals surface area contributed by atoms with Crippen molar-refractivity contribution < 1.29 is 9.53 Å². The molecule has 4 nitrogen and oxygen atoms in total. The summed E-state index contributed by atoms with van der Waals surface area (Å²) >= 11 is 0. The van der Waals surface area contributed by atoms with Crippen molar-refractivity contribution in [1.29, 1.82) is 0 Å². The summed E-state index contributed by atoms with van der Waals surface area (Å²) in [5.41, 5.74) is 5.49. The Kier molecular flexibility index (Phi) is 5.00. The number of rotatable bonds is 4. The molecule has 0 aliphatic heterocycles. The maximum atomic E-state index is 12.8. The number of benzene rings is 3. The largest absolute Gasteiger partial charge is 0.422 e. The van der Waals surface area contributed by atoms with E-state index < -0.39 is 5.97 Å². The van der Waals surface area contributed by atoms with E-state index in [9.17, 15) is 4.79 Å². The highest BCUT2D eigenvalue weighted by molar-refractivity contribution is 5.95. The number of aromatic nitrogens is 2. The van der Waals surface area contributed by atoms with Gasteiger partial charge in [-0.2, -0.15) is 0 Å². The molecule has 29 heavy (non-hydrogen) atoms. The van der Waals surface area contributed by atoms with Crippen LogP contribution in [0.15, 0.2) is 72.8 Å². The molecular weight excluding hydrogens is 360 g/mol. The van der Waals surface area contributed by atoms with Crippen molar-refractivity contribution in [3.63, 3.8) is 0 Å². The molecule has 4 aromatic rings. The molecule has 0 amide bonds. The predicted octanol–water partition coefficient (Wildman–Crippen LogP) is 5.55. The van der Waals surface area contributed by atoms with Crippen molar-refractivity contribution in [1.82, 2.24) is 9.55 Å². The Hall–Kier alpha value is -3.66. The standard InChI is InChI=1S/C25H22N2O2/c1-17-8-12-19(13-9-17)23(29-25(28)20-14-10-18(2)11-15-20)16-24-26-21-6-4-5-7-22(21)27(24)3/h4-16H,1-3H3/b23-16-. The van der Waals surface area contributed by atoms with Gasteiger partial charge < -0.3 is 9.30 Å². The third-order valence-corrected chi connectivity index (χ3v) is 4.91. The van der Waals surface area contributed by atoms with Gasteiger partial charge in [0.1, 0.15) is 11.6 Å². The molecule has 0 radical (unpaired) electrons. The molecule has 0 aliphatic rings. The lowest BCUT2D eigenvalue weighted by Gasteiger charge is -2.10. The first kappa shape index (κ1) is 18.7. The zero-order valence-corrected chi connectivity index (χ0v) is 16.7. The fraction of sp³-hybridized carbons (Fsp3) is 0.120. The highest BCUT2D eigenvalue weighted by Gasteiger charge is 2.14. The van der Waals surface area contributed by atoms with Crippen molar-refractivity contribution in [2.45, 2.75) is 13.8 Å². The number of aryl methyl sites for hydroxylation is 3. The second kappa shape index (κ2) is 7.76. The first-order valence-corrected chi connectivity index (χ1v) is 9.50. The molecule has 0 spiro atoms. The number of hydrogen-bond donors (Lipinski definition) is 0. The first-order chi connectivity index (χ1) is 14.0. The molecule has 0 bridgehead atoms. The minimum atomic E-state index is -0.393. The summed E-state index contributed by atoms with van der Waals surface area (Å²) in [5, 5.41) is 0. The summed E-state index contributed by atoms with van der Waals surface area (Å²) in [6.07, 6.45) is 1.82. The maximum Gasteiger partial charge on any atom is 0.343 e. The Balaban J connectivity index is 1.76. The van der Waals surface area contributed by atoms with Gasteiger partial charge in [-0.25, -0.2) is 9.78 Å². The van der Waals surface area contributed by atoms with E-state index in [4.69, 9.17) is 4.74 Å². The second-order valence-corrected chi connectivity index (χ2v) is 7.15. The van der Waals surface area contributed by atoms with Crippen molar-refractivity contribution in [3.8, 4) is 0 Å². The Morgan fingerprint density at radius 1 is 0.862 bits per heavy atom. The lowest BCUT2D eigenvalue weighted by atomic mass is 10.1. The molecule has 0 atom stereocenters. The molecule has 0 aliphatic carbocycles. The van der Waals surface area contributed by atoms with E-state index in [1.165, 1.54) is 0 Å². The van der Waals surface area contributed by atoms with Crippen LogP contribution in [-0.4, -0.2) is 15.5 Å². The lowest BCUT2D eigenvalue weighted by molar-refractivity contribution is 0.0693. The van der Waals surface area contributed by atoms with Crippen molar-refractivity contribution in [2.75, 3.05) is 0 Å². The number of nitrogens with zero attached hydrogens (tertiary/aromatic N) is 2. The number of hydrogen-bond acceptors (Lipinski definition) is 3. The smallest absolute Gasteiger partial charge is 0.343 e. The van der Waals surface area contributed by atoms with E-state index in [2.05, 4.69) is 4.98 Å². The number of carbonyl (C=O) groups is 1. The van der Waals surface area contributed by atoms with Crippen LogP contribution in [0.25, 0.3) is 22.9 Å². The molecule has 0 unspecified atom stereocenters. The molecule has 0 fully saturated rings. The minimum absolute atomic E-state index is 0.393. The van der Waals surface area contributed by atoms with Crippen LogP contribution in [0, 0.1) is 13.8 Å². The highest BCUT2D eigenvalue weighted by atomic mass is 16.5. The molecule has 144 valence electrons. The summed E-state index contributed by atoms with van der Waals surface area (Å²) in [6.45, 7) is 4.01. The van der Waals surface area contributed by atoms with Crippen molar-refractivity contribution in [3.05, 3.63) is 101 Å². The van der Waals surface area contributed by atoms with Crippen LogP contribution in [0.5, 0.6) is 0 Å². The van der Waals surface area contributed by atoms with E-state index in [0.29, 0.717) is 11.3 Å². The van der Waals surface area contributed by atoms with Gasteiger partial charge in [-0.15, -0.1) is 0 Å². The molecule has 0 saturated heterocycles. The zero-order chi connectivity index (χ0) is 20.4. The van der Waals surface area contributed by atoms with Gasteiger partial charge in [0, 0.05) is 18.7 Å². The topological polar surface area (TPSA) is 44.1 Å². The number of carbonyl (C=O) groups excluding carboxylic acids is 1. The number of imidazole rings is 1. The summed E-state index contributed by atoms with van der Waals surface area (Å²) in [6, 6.07) is 23.2. The first-order valence-electron chi connectivity index (χ1n) is 9.50. The van der Waals surface area contributed by atoms with Gasteiger partial charge >= 0.3 is 5.97 Å². The average molecular weight is 382 g/mol. The SMILES string of the molecule is Cc1ccc(C(=O)O/C(=C\c2nc3ccccc3n2C)c2ccc(C)cc2)cc1. The Labute approximate surface area is 170 Å². The molecular formula is C25H22N2O2. The number of fused-ring (bicyclic) bond motifs is 1. The van der Waals surface area contributed by atoms with Gasteiger partial charge in [-0.05, 0) is 38.1 Å². The summed E-state index contributed by atoms with van der Waals surface area (Å²) in [4.78, 5) is 17.4. The van der Waals surface area contributed by atoms with Gasteiger partial charge in [0.15, 0.2) is 0 Å². The van der Waals surface area contributed by atoms with Gasteiger partial charge in [-0.1, -0.05) is 59.7 Å². The Morgan fingerprint density at radius 2 is 1.45 bits per heavy atom. The van der Waals surface area contributed by atoms with Crippen LogP contribution >= 0.6 is 0 Å². The number of ether oxygens (including phenoxy) is 1. The zero-order valence-electron chi connectivity index (χ0n) is 16.7. The summed E-state index contributed by atoms with van der Waals surface area (Å²) < 4.78 is 7.82. The van der Waals surface area contributed by atoms with Crippen molar-refractivity contribution in [2.24, 2.45) is 7.05 Å². The van der Waals surface area contributed by atoms with Crippen LogP contribution in [0.2, 0.25) is 0 Å². The second-order valence-electron chi connectivity index (χ2n) is 7.15. The minimum Gasteiger partial charge on any atom is -0.422 e. The molecule has 4 rings (SSSR count). The number of para-hydroxylation sites is 2. The molecule has 1 heterocycles. The summed E-state index contributed by atoms with van der Waals surface area (Å²) in [5.74, 6) is 0.794. The molecule has 3 aromatic carbocycles. The molecule has 1 aromatic heterocycles. The monoisotopic (exact) mass is 382 g/mol. The fourth-order valence-corrected chi connectivity index (χ4v) is 3.15. The van der Waals surface area contributed by atoms with Gasteiger partial charge in [0.2, 0.25) is 0 Å². The average Bonchev–Trinajstić information content (AvgIpc) is 3.04. The van der Waals surface area contributed by atoms with E-state index >= 15 is 0 Å². The third kappa shape index (κ3) is 3.97. The fourth-order valence-electron chi connectivity index (χ4n) is 3.15. The molecule has 0 N–H and O–H groups in total. The van der Waals surface area contributed by atoms with Crippen molar-refractivity contribution >= 4 is 28.8 Å². The summed E-state index contributed by atoms with van der Waals surface area (Å²) in [7, 11) is 1.95. The van der Waals surface area contributed by atoms with Crippen LogP contribution in [0.3, 0.4) is 0 Å². The maximum absolute atomic E-state index is 12.8. The van der Waals surface area contributed by atoms with Crippen LogP contribution in [0.1, 0.15) is 32.9 Å². The normalized spacial score (nSPS) is 11.6. The van der Waals surface area contributed by atoms with Crippen LogP contribution < -0.4 is 0 Å². The molecule has 4 heteroatoms. The third-order valence-electron chi connectivity index (χ3n) is 4.91. The quantitative estimate of drug-likeness (QED) is 0.344. The van der Waals surface area contributed by atoms with E-state index in [0.717, 1.165) is 33.5 Å². The van der Waals surface area contributed by atoms with Gasteiger partial charge in [0.25, 0.3) is 0 Å². The van der Waals surface area contributed by atoms with Gasteiger partial charge in [-0.3, -0.25) is 0 Å². The van der Waals surface area contributed by atoms with E-state index in [-0.39, 0.29) is 0 Å². The van der Waals surface area contributed by atoms with Crippen LogP contribution in [0.4, 0.5) is 0 Å². The lowest BCUT2D eigenvalue weighted by Crippen LogP contribution is -2.05. The highest BCUT2D eigenvalue weighted by Crippen LogP contribution is 2.24. The predicted molar refractivity (Wildman–Crippen MR) is 116 cm³/mol. The van der Waals surface area contributed by atoms with Gasteiger partial charge in [0.05, 0.1) is 16.6 Å². The van der Waals surface area contributed by atoms with E-state index in [1.54, 1.807) is 12.1 Å². The molecule has 0 saturated carbocycles.